The molecule has 0 bridgehead atoms. The number of hydrogen-bond acceptors (Lipinski definition) is 4. The summed E-state index contributed by atoms with van der Waals surface area (Å²) < 4.78 is 1.76. The highest BCUT2D eigenvalue weighted by molar-refractivity contribution is 7.99. The molecule has 0 aliphatic rings. The summed E-state index contributed by atoms with van der Waals surface area (Å²) >= 11 is 7.50. The number of amides is 1. The van der Waals surface area contributed by atoms with E-state index in [4.69, 9.17) is 11.6 Å². The van der Waals surface area contributed by atoms with Crippen LogP contribution in [-0.2, 0) is 6.54 Å². The van der Waals surface area contributed by atoms with Gasteiger partial charge in [-0.2, -0.15) is 4.98 Å². The Morgan fingerprint density at radius 2 is 1.70 bits per heavy atom. The minimum absolute atomic E-state index is 0.160. The van der Waals surface area contributed by atoms with Crippen molar-refractivity contribution in [1.29, 1.82) is 0 Å². The fourth-order valence-electron chi connectivity index (χ4n) is 2.89. The van der Waals surface area contributed by atoms with Crippen molar-refractivity contribution in [3.63, 3.8) is 0 Å². The smallest absolute Gasteiger partial charge is 0.255 e. The van der Waals surface area contributed by atoms with Gasteiger partial charge in [0.2, 0.25) is 5.28 Å². The lowest BCUT2D eigenvalue weighted by atomic mass is 10.1. The van der Waals surface area contributed by atoms with Crippen molar-refractivity contribution >= 4 is 35.0 Å². The van der Waals surface area contributed by atoms with Crippen molar-refractivity contribution in [2.45, 2.75) is 23.5 Å². The Kier molecular flexibility index (Phi) is 6.16. The molecule has 0 unspecified atom stereocenters. The zero-order valence-corrected chi connectivity index (χ0v) is 17.8. The molecule has 1 heterocycles. The molecule has 1 amide bonds. The van der Waals surface area contributed by atoms with Crippen molar-refractivity contribution in [1.82, 2.24) is 14.8 Å². The van der Waals surface area contributed by atoms with E-state index in [1.807, 2.05) is 85.8 Å². The van der Waals surface area contributed by atoms with Crippen molar-refractivity contribution in [2.24, 2.45) is 0 Å². The maximum absolute atomic E-state index is 12.7. The van der Waals surface area contributed by atoms with Crippen LogP contribution in [0.2, 0.25) is 5.28 Å². The molecule has 1 aromatic heterocycles. The van der Waals surface area contributed by atoms with E-state index in [1.54, 1.807) is 4.68 Å². The average Bonchev–Trinajstić information content (AvgIpc) is 3.09. The zero-order chi connectivity index (χ0) is 20.9. The van der Waals surface area contributed by atoms with Crippen LogP contribution in [0.5, 0.6) is 0 Å². The topological polar surface area (TPSA) is 59.8 Å². The van der Waals surface area contributed by atoms with E-state index in [9.17, 15) is 4.79 Å². The number of aromatic nitrogens is 3. The summed E-state index contributed by atoms with van der Waals surface area (Å²) in [5, 5.41) is 8.15. The largest absolute Gasteiger partial charge is 0.321 e. The Bertz CT molecular complexity index is 1160. The number of nitrogens with zero attached hydrogens (tertiary/aromatic N) is 3. The first-order valence-corrected chi connectivity index (χ1v) is 10.6. The van der Waals surface area contributed by atoms with Gasteiger partial charge >= 0.3 is 0 Å². The number of carbonyl (C=O) groups is 1. The molecule has 0 radical (unpaired) electrons. The summed E-state index contributed by atoms with van der Waals surface area (Å²) in [7, 11) is 0. The van der Waals surface area contributed by atoms with Crippen LogP contribution in [0.15, 0.2) is 88.9 Å². The fraction of sp³-hybridized carbons (Fsp3) is 0.0870. The summed E-state index contributed by atoms with van der Waals surface area (Å²) in [5.74, 6) is -0.160. The van der Waals surface area contributed by atoms with Gasteiger partial charge in [-0.15, -0.1) is 5.10 Å². The predicted octanol–water partition coefficient (Wildman–Crippen LogP) is 5.69. The number of carbonyl (C=O) groups excluding carboxylic acids is 1. The quantitative estimate of drug-likeness (QED) is 0.423. The van der Waals surface area contributed by atoms with E-state index < -0.39 is 0 Å². The first kappa shape index (κ1) is 20.2. The molecule has 150 valence electrons. The molecule has 0 atom stereocenters. The molecular formula is C23H19ClN4OS. The van der Waals surface area contributed by atoms with Crippen molar-refractivity contribution in [3.8, 4) is 0 Å². The minimum Gasteiger partial charge on any atom is -0.321 e. The second kappa shape index (κ2) is 9.15. The number of aryl methyl sites for hydroxylation is 1. The van der Waals surface area contributed by atoms with Gasteiger partial charge < -0.3 is 5.32 Å². The molecule has 30 heavy (non-hydrogen) atoms. The van der Waals surface area contributed by atoms with Gasteiger partial charge in [0.05, 0.1) is 12.2 Å². The van der Waals surface area contributed by atoms with Crippen LogP contribution < -0.4 is 5.32 Å². The Morgan fingerprint density at radius 1 is 1.00 bits per heavy atom. The summed E-state index contributed by atoms with van der Waals surface area (Å²) in [6.07, 6.45) is 0. The summed E-state index contributed by atoms with van der Waals surface area (Å²) in [6, 6.07) is 25.1. The number of benzene rings is 3. The number of anilines is 1. The zero-order valence-electron chi connectivity index (χ0n) is 16.2. The Balaban J connectivity index is 1.56. The van der Waals surface area contributed by atoms with Crippen LogP contribution >= 0.6 is 23.4 Å². The molecule has 3 aromatic carbocycles. The lowest BCUT2D eigenvalue weighted by Gasteiger charge is -2.11. The maximum Gasteiger partial charge on any atom is 0.255 e. The standard InChI is InChI=1S/C23H19ClN4OS/c1-16-11-13-18(14-12-16)21(29)25-19-9-5-6-10-20(19)30-23-26-22(24)27-28(23)15-17-7-3-2-4-8-17/h2-14H,15H2,1H3,(H,25,29). The summed E-state index contributed by atoms with van der Waals surface area (Å²) in [5.41, 5.74) is 3.52. The molecule has 0 saturated carbocycles. The van der Waals surface area contributed by atoms with E-state index >= 15 is 0 Å². The Morgan fingerprint density at radius 3 is 2.47 bits per heavy atom. The van der Waals surface area contributed by atoms with Crippen molar-refractivity contribution < 1.29 is 4.79 Å². The maximum atomic E-state index is 12.7. The van der Waals surface area contributed by atoms with Gasteiger partial charge in [-0.3, -0.25) is 4.79 Å². The fourth-order valence-corrected chi connectivity index (χ4v) is 4.03. The molecule has 0 spiro atoms. The predicted molar refractivity (Wildman–Crippen MR) is 120 cm³/mol. The van der Waals surface area contributed by atoms with E-state index in [0.29, 0.717) is 23.0 Å². The number of nitrogens with one attached hydrogen (secondary N) is 1. The van der Waals surface area contributed by atoms with Gasteiger partial charge in [0.25, 0.3) is 5.91 Å². The number of rotatable bonds is 6. The SMILES string of the molecule is Cc1ccc(C(=O)Nc2ccccc2Sc2nc(Cl)nn2Cc2ccccc2)cc1. The molecule has 7 heteroatoms. The van der Waals surface area contributed by atoms with Gasteiger partial charge in [0.15, 0.2) is 5.16 Å². The molecule has 0 fully saturated rings. The summed E-state index contributed by atoms with van der Waals surface area (Å²) in [4.78, 5) is 17.9. The second-order valence-corrected chi connectivity index (χ2v) is 8.07. The van der Waals surface area contributed by atoms with Gasteiger partial charge in [-0.05, 0) is 60.1 Å². The third-order valence-electron chi connectivity index (χ3n) is 4.44. The molecule has 5 nitrogen and oxygen atoms in total. The lowest BCUT2D eigenvalue weighted by Crippen LogP contribution is -2.12. The third kappa shape index (κ3) is 4.90. The lowest BCUT2D eigenvalue weighted by molar-refractivity contribution is 0.102. The Labute approximate surface area is 184 Å². The molecular weight excluding hydrogens is 416 g/mol. The van der Waals surface area contributed by atoms with E-state index in [-0.39, 0.29) is 11.2 Å². The first-order valence-electron chi connectivity index (χ1n) is 9.37. The number of para-hydroxylation sites is 1. The van der Waals surface area contributed by atoms with Gasteiger partial charge in [-0.1, -0.05) is 60.2 Å². The average molecular weight is 435 g/mol. The third-order valence-corrected chi connectivity index (χ3v) is 5.66. The highest BCUT2D eigenvalue weighted by Gasteiger charge is 2.15. The highest BCUT2D eigenvalue weighted by atomic mass is 35.5. The molecule has 0 aliphatic carbocycles. The molecule has 0 aliphatic heterocycles. The molecule has 4 aromatic rings. The Hall–Kier alpha value is -3.09. The second-order valence-electron chi connectivity index (χ2n) is 6.73. The van der Waals surface area contributed by atoms with Crippen LogP contribution in [0.1, 0.15) is 21.5 Å². The van der Waals surface area contributed by atoms with E-state index in [0.717, 1.165) is 16.0 Å². The molecule has 1 N–H and O–H groups in total. The van der Waals surface area contributed by atoms with Crippen LogP contribution in [0.25, 0.3) is 0 Å². The monoisotopic (exact) mass is 434 g/mol. The first-order chi connectivity index (χ1) is 14.6. The van der Waals surface area contributed by atoms with Crippen LogP contribution in [0.3, 0.4) is 0 Å². The molecule has 0 saturated heterocycles. The van der Waals surface area contributed by atoms with Crippen molar-refractivity contribution in [3.05, 3.63) is 101 Å². The van der Waals surface area contributed by atoms with Gasteiger partial charge in [0, 0.05) is 10.5 Å². The molecule has 4 rings (SSSR count). The van der Waals surface area contributed by atoms with Gasteiger partial charge in [-0.25, -0.2) is 4.68 Å². The van der Waals surface area contributed by atoms with E-state index in [1.165, 1.54) is 11.8 Å². The minimum atomic E-state index is -0.160. The number of hydrogen-bond donors (Lipinski definition) is 1. The van der Waals surface area contributed by atoms with Gasteiger partial charge in [0.1, 0.15) is 0 Å². The van der Waals surface area contributed by atoms with Crippen LogP contribution in [-0.4, -0.2) is 20.7 Å². The number of halogens is 1. The highest BCUT2D eigenvalue weighted by Crippen LogP contribution is 2.33. The summed E-state index contributed by atoms with van der Waals surface area (Å²) in [6.45, 7) is 2.55. The van der Waals surface area contributed by atoms with E-state index in [2.05, 4.69) is 15.4 Å². The van der Waals surface area contributed by atoms with Crippen LogP contribution in [0.4, 0.5) is 5.69 Å². The normalized spacial score (nSPS) is 10.7. The van der Waals surface area contributed by atoms with Crippen molar-refractivity contribution in [2.75, 3.05) is 5.32 Å². The van der Waals surface area contributed by atoms with Crippen LogP contribution in [0, 0.1) is 6.92 Å².